The summed E-state index contributed by atoms with van der Waals surface area (Å²) < 4.78 is 9.53. The van der Waals surface area contributed by atoms with E-state index in [4.69, 9.17) is 9.47 Å². The Morgan fingerprint density at radius 1 is 1.09 bits per heavy atom. The second-order valence-electron chi connectivity index (χ2n) is 7.61. The maximum atomic E-state index is 12.9. The van der Waals surface area contributed by atoms with Crippen molar-refractivity contribution in [2.45, 2.75) is 32.6 Å². The number of hydrogen-bond donors (Lipinski definition) is 1. The fourth-order valence-electron chi connectivity index (χ4n) is 3.75. The van der Waals surface area contributed by atoms with Crippen molar-refractivity contribution < 1.29 is 28.7 Å². The lowest BCUT2D eigenvalue weighted by atomic mass is 9.78. The molecule has 0 unspecified atom stereocenters. The standard InChI is InChI=1S/C24H29N3O6S/c1-5-11-27(12-6-2)18(28)14-34-22-17(13-25)19(20(21(29)26-22)24(31)33-4)15-7-9-16(10-8-15)23(30)32-3/h7-10,19-20H,5-6,11-12,14H2,1-4H3,(H,26,29)/t19-,20-/m1/s1. The molecule has 1 aliphatic rings. The highest BCUT2D eigenvalue weighted by atomic mass is 32.2. The number of amides is 2. The lowest BCUT2D eigenvalue weighted by Gasteiger charge is -2.31. The second kappa shape index (κ2) is 12.8. The first-order valence-electron chi connectivity index (χ1n) is 10.9. The summed E-state index contributed by atoms with van der Waals surface area (Å²) in [5.74, 6) is -4.23. The van der Waals surface area contributed by atoms with Gasteiger partial charge in [0.05, 0.1) is 42.2 Å². The van der Waals surface area contributed by atoms with Gasteiger partial charge >= 0.3 is 11.9 Å². The van der Waals surface area contributed by atoms with E-state index in [-0.39, 0.29) is 27.8 Å². The van der Waals surface area contributed by atoms with Crippen LogP contribution in [-0.2, 0) is 23.9 Å². The van der Waals surface area contributed by atoms with Gasteiger partial charge in [-0.3, -0.25) is 14.4 Å². The Morgan fingerprint density at radius 3 is 2.21 bits per heavy atom. The lowest BCUT2D eigenvalue weighted by molar-refractivity contribution is -0.150. The first kappa shape index (κ1) is 26.9. The molecule has 2 rings (SSSR count). The molecule has 1 aromatic carbocycles. The summed E-state index contributed by atoms with van der Waals surface area (Å²) in [7, 11) is 2.43. The number of ether oxygens (including phenoxy) is 2. The van der Waals surface area contributed by atoms with Crippen LogP contribution in [0, 0.1) is 17.2 Å². The zero-order valence-electron chi connectivity index (χ0n) is 19.8. The van der Waals surface area contributed by atoms with E-state index in [1.165, 1.54) is 26.4 Å². The number of carbonyl (C=O) groups excluding carboxylic acids is 4. The topological polar surface area (TPSA) is 126 Å². The molecule has 182 valence electrons. The van der Waals surface area contributed by atoms with E-state index in [0.29, 0.717) is 18.7 Å². The molecule has 0 radical (unpaired) electrons. The number of methoxy groups -OCH3 is 2. The van der Waals surface area contributed by atoms with Crippen molar-refractivity contribution in [1.82, 2.24) is 10.2 Å². The van der Waals surface area contributed by atoms with Crippen molar-refractivity contribution in [3.05, 3.63) is 46.0 Å². The van der Waals surface area contributed by atoms with Crippen molar-refractivity contribution in [2.24, 2.45) is 5.92 Å². The first-order chi connectivity index (χ1) is 16.3. The monoisotopic (exact) mass is 487 g/mol. The molecule has 0 spiro atoms. The van der Waals surface area contributed by atoms with Gasteiger partial charge < -0.3 is 19.7 Å². The van der Waals surface area contributed by atoms with Crippen LogP contribution in [0.15, 0.2) is 34.9 Å². The number of nitrogens with zero attached hydrogens (tertiary/aromatic N) is 2. The lowest BCUT2D eigenvalue weighted by Crippen LogP contribution is -2.44. The zero-order chi connectivity index (χ0) is 25.3. The molecule has 1 N–H and O–H groups in total. The predicted octanol–water partition coefficient (Wildman–Crippen LogP) is 2.59. The maximum Gasteiger partial charge on any atom is 0.337 e. The zero-order valence-corrected chi connectivity index (χ0v) is 20.6. The van der Waals surface area contributed by atoms with Gasteiger partial charge in [0.25, 0.3) is 0 Å². The number of rotatable bonds is 10. The number of nitrogens with one attached hydrogen (secondary N) is 1. The largest absolute Gasteiger partial charge is 0.468 e. The fraction of sp³-hybridized carbons (Fsp3) is 0.458. The summed E-state index contributed by atoms with van der Waals surface area (Å²) in [6, 6.07) is 8.24. The van der Waals surface area contributed by atoms with Gasteiger partial charge in [0, 0.05) is 19.0 Å². The highest BCUT2D eigenvalue weighted by molar-refractivity contribution is 8.03. The Hall–Kier alpha value is -3.32. The highest BCUT2D eigenvalue weighted by Gasteiger charge is 2.44. The average Bonchev–Trinajstić information content (AvgIpc) is 2.85. The quantitative estimate of drug-likeness (QED) is 0.394. The SMILES string of the molecule is CCCN(CCC)C(=O)CSC1=C(C#N)[C@@H](c2ccc(C(=O)OC)cc2)[C@@H](C(=O)OC)C(=O)N1. The van der Waals surface area contributed by atoms with E-state index in [1.54, 1.807) is 17.0 Å². The van der Waals surface area contributed by atoms with E-state index < -0.39 is 29.7 Å². The molecule has 1 heterocycles. The predicted molar refractivity (Wildman–Crippen MR) is 126 cm³/mol. The van der Waals surface area contributed by atoms with E-state index in [9.17, 15) is 24.4 Å². The third-order valence-corrected chi connectivity index (χ3v) is 6.36. The number of carbonyl (C=O) groups is 4. The van der Waals surface area contributed by atoms with Crippen LogP contribution < -0.4 is 5.32 Å². The molecule has 2 atom stereocenters. The minimum Gasteiger partial charge on any atom is -0.468 e. The van der Waals surface area contributed by atoms with Gasteiger partial charge in [0.2, 0.25) is 11.8 Å². The van der Waals surface area contributed by atoms with Crippen molar-refractivity contribution >= 4 is 35.5 Å². The van der Waals surface area contributed by atoms with Crippen LogP contribution >= 0.6 is 11.8 Å². The molecule has 0 aromatic heterocycles. The van der Waals surface area contributed by atoms with Gasteiger partial charge in [0.1, 0.15) is 5.92 Å². The second-order valence-corrected chi connectivity index (χ2v) is 8.59. The summed E-state index contributed by atoms with van der Waals surface area (Å²) in [4.78, 5) is 51.7. The molecule has 34 heavy (non-hydrogen) atoms. The molecule has 10 heteroatoms. The average molecular weight is 488 g/mol. The van der Waals surface area contributed by atoms with Gasteiger partial charge in [-0.1, -0.05) is 37.7 Å². The molecule has 0 aliphatic carbocycles. The van der Waals surface area contributed by atoms with Crippen LogP contribution in [-0.4, -0.2) is 61.7 Å². The van der Waals surface area contributed by atoms with Gasteiger partial charge in [-0.15, -0.1) is 0 Å². The normalized spacial score (nSPS) is 17.4. The Kier molecular flexibility index (Phi) is 10.1. The highest BCUT2D eigenvalue weighted by Crippen LogP contribution is 2.40. The summed E-state index contributed by atoms with van der Waals surface area (Å²) in [5.41, 5.74) is 0.921. The van der Waals surface area contributed by atoms with Gasteiger partial charge in [-0.2, -0.15) is 5.26 Å². The number of thioether (sulfide) groups is 1. The number of hydrogen-bond acceptors (Lipinski definition) is 8. The van der Waals surface area contributed by atoms with Crippen molar-refractivity contribution in [3.8, 4) is 6.07 Å². The summed E-state index contributed by atoms with van der Waals surface area (Å²) >= 11 is 1.06. The van der Waals surface area contributed by atoms with Crippen LogP contribution in [0.5, 0.6) is 0 Å². The molecular formula is C24H29N3O6S. The third kappa shape index (κ3) is 6.17. The van der Waals surface area contributed by atoms with Crippen molar-refractivity contribution in [2.75, 3.05) is 33.1 Å². The van der Waals surface area contributed by atoms with Crippen LogP contribution in [0.1, 0.15) is 48.5 Å². The van der Waals surface area contributed by atoms with Gasteiger partial charge in [0.15, 0.2) is 0 Å². The number of allylic oxidation sites excluding steroid dienone is 1. The first-order valence-corrected chi connectivity index (χ1v) is 11.9. The van der Waals surface area contributed by atoms with Crippen LogP contribution in [0.3, 0.4) is 0 Å². The Balaban J connectivity index is 2.44. The van der Waals surface area contributed by atoms with Crippen molar-refractivity contribution in [1.29, 1.82) is 5.26 Å². The van der Waals surface area contributed by atoms with Crippen LogP contribution in [0.25, 0.3) is 0 Å². The molecule has 0 fully saturated rings. The molecule has 9 nitrogen and oxygen atoms in total. The van der Waals surface area contributed by atoms with Crippen LogP contribution in [0.2, 0.25) is 0 Å². The van der Waals surface area contributed by atoms with E-state index in [1.807, 2.05) is 13.8 Å². The minimum absolute atomic E-state index is 0.0394. The van der Waals surface area contributed by atoms with E-state index >= 15 is 0 Å². The molecule has 0 saturated carbocycles. The molecule has 2 amide bonds. The van der Waals surface area contributed by atoms with Crippen molar-refractivity contribution in [3.63, 3.8) is 0 Å². The Bertz CT molecular complexity index is 993. The summed E-state index contributed by atoms with van der Waals surface area (Å²) in [6.45, 7) is 5.24. The third-order valence-electron chi connectivity index (χ3n) is 5.35. The summed E-state index contributed by atoms with van der Waals surface area (Å²) in [5, 5.41) is 12.8. The molecule has 0 bridgehead atoms. The Labute approximate surface area is 203 Å². The fourth-order valence-corrected chi connectivity index (χ4v) is 4.70. The number of benzene rings is 1. The summed E-state index contributed by atoms with van der Waals surface area (Å²) in [6.07, 6.45) is 1.65. The molecule has 1 aromatic rings. The number of nitriles is 1. The van der Waals surface area contributed by atoms with E-state index in [0.717, 1.165) is 24.6 Å². The minimum atomic E-state index is -1.29. The molecular weight excluding hydrogens is 458 g/mol. The number of esters is 2. The van der Waals surface area contributed by atoms with Gasteiger partial charge in [-0.05, 0) is 30.5 Å². The van der Waals surface area contributed by atoms with Crippen LogP contribution in [0.4, 0.5) is 0 Å². The Morgan fingerprint density at radius 2 is 1.71 bits per heavy atom. The smallest absolute Gasteiger partial charge is 0.337 e. The molecule has 0 saturated heterocycles. The van der Waals surface area contributed by atoms with Gasteiger partial charge in [-0.25, -0.2) is 4.79 Å². The maximum absolute atomic E-state index is 12.9. The molecule has 1 aliphatic heterocycles. The van der Waals surface area contributed by atoms with E-state index in [2.05, 4.69) is 11.4 Å².